The first-order chi connectivity index (χ1) is 8.02. The van der Waals surface area contributed by atoms with Crippen LogP contribution >= 0.6 is 0 Å². The Morgan fingerprint density at radius 1 is 0.882 bits per heavy atom. The van der Waals surface area contributed by atoms with Crippen molar-refractivity contribution in [3.05, 3.63) is 52.7 Å². The van der Waals surface area contributed by atoms with Crippen molar-refractivity contribution < 1.29 is 4.57 Å². The second-order valence-electron chi connectivity index (χ2n) is 4.83. The maximum Gasteiger partial charge on any atom is 0.212 e. The average molecular weight is 226 g/mol. The normalized spacial score (nSPS) is 10.6. The Hall–Kier alpha value is -1.63. The highest BCUT2D eigenvalue weighted by atomic mass is 14.9. The van der Waals surface area contributed by atoms with Crippen LogP contribution in [0.2, 0.25) is 0 Å². The third kappa shape index (κ3) is 1.97. The number of hydrogen-bond donors (Lipinski definition) is 0. The van der Waals surface area contributed by atoms with Crippen LogP contribution in [-0.4, -0.2) is 0 Å². The van der Waals surface area contributed by atoms with Crippen molar-refractivity contribution >= 4 is 0 Å². The Labute approximate surface area is 104 Å². The molecule has 0 amide bonds. The van der Waals surface area contributed by atoms with Crippen molar-refractivity contribution in [2.75, 3.05) is 0 Å². The van der Waals surface area contributed by atoms with Crippen molar-refractivity contribution in [3.63, 3.8) is 0 Å². The molecule has 2 rings (SSSR count). The monoisotopic (exact) mass is 226 g/mol. The maximum absolute atomic E-state index is 2.28. The van der Waals surface area contributed by atoms with E-state index in [1.54, 1.807) is 0 Å². The minimum atomic E-state index is 1.28. The Bertz CT molecular complexity index is 568. The van der Waals surface area contributed by atoms with Gasteiger partial charge >= 0.3 is 0 Å². The Balaban J connectivity index is 2.77. The van der Waals surface area contributed by atoms with Gasteiger partial charge in [0.1, 0.15) is 7.05 Å². The van der Waals surface area contributed by atoms with E-state index in [4.69, 9.17) is 0 Å². The van der Waals surface area contributed by atoms with Crippen molar-refractivity contribution in [1.82, 2.24) is 0 Å². The summed E-state index contributed by atoms with van der Waals surface area (Å²) in [5.74, 6) is 0. The highest BCUT2D eigenvalue weighted by Crippen LogP contribution is 2.28. The largest absolute Gasteiger partial charge is 0.212 e. The predicted octanol–water partition coefficient (Wildman–Crippen LogP) is 3.41. The van der Waals surface area contributed by atoms with E-state index >= 15 is 0 Å². The molecule has 0 saturated heterocycles. The van der Waals surface area contributed by atoms with Gasteiger partial charge in [0, 0.05) is 12.1 Å². The van der Waals surface area contributed by atoms with Gasteiger partial charge in [0.15, 0.2) is 6.20 Å². The van der Waals surface area contributed by atoms with Crippen molar-refractivity contribution in [2.24, 2.45) is 7.05 Å². The molecule has 0 aliphatic heterocycles. The van der Waals surface area contributed by atoms with E-state index in [1.165, 1.54) is 33.5 Å². The van der Waals surface area contributed by atoms with E-state index < -0.39 is 0 Å². The lowest BCUT2D eigenvalue weighted by molar-refractivity contribution is -0.660. The molecule has 0 fully saturated rings. The summed E-state index contributed by atoms with van der Waals surface area (Å²) in [7, 11) is 2.10. The lowest BCUT2D eigenvalue weighted by atomic mass is 9.92. The molecule has 2 aromatic rings. The molecule has 1 nitrogen and oxygen atoms in total. The highest BCUT2D eigenvalue weighted by molar-refractivity contribution is 5.68. The molecule has 0 aliphatic carbocycles. The molecule has 0 aliphatic rings. The van der Waals surface area contributed by atoms with Gasteiger partial charge in [-0.3, -0.25) is 0 Å². The minimum absolute atomic E-state index is 1.28. The molecular formula is C16H20N+. The van der Waals surface area contributed by atoms with Gasteiger partial charge in [-0.05, 0) is 56.0 Å². The van der Waals surface area contributed by atoms with E-state index in [-0.39, 0.29) is 0 Å². The standard InChI is InChI=1S/C16H20N/c1-11-10-12(2)16(14(4)13(11)3)15-8-6-7-9-17(15)5/h6-10H,1-5H3/q+1. The van der Waals surface area contributed by atoms with E-state index in [1.807, 2.05) is 0 Å². The molecule has 1 aromatic heterocycles. The summed E-state index contributed by atoms with van der Waals surface area (Å²) in [5.41, 5.74) is 8.18. The van der Waals surface area contributed by atoms with Crippen LogP contribution in [0.15, 0.2) is 30.5 Å². The van der Waals surface area contributed by atoms with Gasteiger partial charge in [0.25, 0.3) is 0 Å². The maximum atomic E-state index is 2.28. The first-order valence-corrected chi connectivity index (χ1v) is 6.05. The molecule has 0 saturated carbocycles. The van der Waals surface area contributed by atoms with Gasteiger partial charge in [-0.25, -0.2) is 4.57 Å². The van der Waals surface area contributed by atoms with Gasteiger partial charge in [0.05, 0.1) is 5.56 Å². The van der Waals surface area contributed by atoms with Gasteiger partial charge < -0.3 is 0 Å². The van der Waals surface area contributed by atoms with E-state index in [2.05, 4.69) is 69.8 Å². The number of aromatic nitrogens is 1. The number of nitrogens with zero attached hydrogens (tertiary/aromatic N) is 1. The van der Waals surface area contributed by atoms with Crippen LogP contribution < -0.4 is 4.57 Å². The smallest absolute Gasteiger partial charge is 0.201 e. The van der Waals surface area contributed by atoms with Crippen LogP contribution in [0.1, 0.15) is 22.3 Å². The first kappa shape index (κ1) is 11.8. The number of hydrogen-bond acceptors (Lipinski definition) is 0. The van der Waals surface area contributed by atoms with E-state index in [9.17, 15) is 0 Å². The van der Waals surface area contributed by atoms with Crippen LogP contribution in [0.5, 0.6) is 0 Å². The molecule has 17 heavy (non-hydrogen) atoms. The van der Waals surface area contributed by atoms with Crippen LogP contribution in [0.3, 0.4) is 0 Å². The lowest BCUT2D eigenvalue weighted by Gasteiger charge is -2.13. The van der Waals surface area contributed by atoms with Crippen LogP contribution in [0.25, 0.3) is 11.3 Å². The zero-order valence-corrected chi connectivity index (χ0v) is 11.3. The molecule has 0 spiro atoms. The Morgan fingerprint density at radius 2 is 1.59 bits per heavy atom. The molecule has 0 N–H and O–H groups in total. The summed E-state index contributed by atoms with van der Waals surface area (Å²) in [4.78, 5) is 0. The van der Waals surface area contributed by atoms with Crippen molar-refractivity contribution in [1.29, 1.82) is 0 Å². The van der Waals surface area contributed by atoms with Crippen molar-refractivity contribution in [2.45, 2.75) is 27.7 Å². The molecule has 0 radical (unpaired) electrons. The predicted molar refractivity (Wildman–Crippen MR) is 72.0 cm³/mol. The summed E-state index contributed by atoms with van der Waals surface area (Å²) in [6.45, 7) is 8.81. The minimum Gasteiger partial charge on any atom is -0.201 e. The van der Waals surface area contributed by atoms with Gasteiger partial charge in [-0.15, -0.1) is 0 Å². The quantitative estimate of drug-likeness (QED) is 0.656. The Kier molecular flexibility index (Phi) is 3.01. The number of rotatable bonds is 1. The van der Waals surface area contributed by atoms with E-state index in [0.29, 0.717) is 0 Å². The summed E-state index contributed by atoms with van der Waals surface area (Å²) in [5, 5.41) is 0. The van der Waals surface area contributed by atoms with Gasteiger partial charge in [-0.1, -0.05) is 6.07 Å². The zero-order chi connectivity index (χ0) is 12.6. The van der Waals surface area contributed by atoms with Gasteiger partial charge in [0.2, 0.25) is 5.69 Å². The SMILES string of the molecule is Cc1cc(C)c(-c2cccc[n+]2C)c(C)c1C. The Morgan fingerprint density at radius 3 is 2.24 bits per heavy atom. The van der Waals surface area contributed by atoms with Gasteiger partial charge in [-0.2, -0.15) is 0 Å². The second kappa shape index (κ2) is 4.33. The van der Waals surface area contributed by atoms with Crippen LogP contribution in [0.4, 0.5) is 0 Å². The van der Waals surface area contributed by atoms with Crippen LogP contribution in [-0.2, 0) is 7.05 Å². The molecular weight excluding hydrogens is 206 g/mol. The van der Waals surface area contributed by atoms with Crippen molar-refractivity contribution in [3.8, 4) is 11.3 Å². The van der Waals surface area contributed by atoms with Crippen LogP contribution in [0, 0.1) is 27.7 Å². The van der Waals surface area contributed by atoms with E-state index in [0.717, 1.165) is 0 Å². The molecule has 1 heterocycles. The highest BCUT2D eigenvalue weighted by Gasteiger charge is 2.16. The average Bonchev–Trinajstić information content (AvgIpc) is 2.29. The summed E-state index contributed by atoms with van der Waals surface area (Å²) < 4.78 is 2.18. The fourth-order valence-corrected chi connectivity index (χ4v) is 2.46. The first-order valence-electron chi connectivity index (χ1n) is 6.05. The molecule has 88 valence electrons. The molecule has 0 bridgehead atoms. The summed E-state index contributed by atoms with van der Waals surface area (Å²) in [6.07, 6.45) is 2.10. The third-order valence-corrected chi connectivity index (χ3v) is 3.67. The molecule has 0 atom stereocenters. The second-order valence-corrected chi connectivity index (χ2v) is 4.83. The molecule has 1 heteroatoms. The topological polar surface area (TPSA) is 3.88 Å². The fourth-order valence-electron chi connectivity index (χ4n) is 2.46. The zero-order valence-electron chi connectivity index (χ0n) is 11.3. The summed E-state index contributed by atoms with van der Waals surface area (Å²) in [6, 6.07) is 8.63. The molecule has 1 aromatic carbocycles. The third-order valence-electron chi connectivity index (χ3n) is 3.67. The number of aryl methyl sites for hydroxylation is 3. The fraction of sp³-hybridized carbons (Fsp3) is 0.312. The number of benzene rings is 1. The number of pyridine rings is 1. The molecule has 0 unspecified atom stereocenters. The lowest BCUT2D eigenvalue weighted by Crippen LogP contribution is -2.30. The summed E-state index contributed by atoms with van der Waals surface area (Å²) >= 11 is 0.